The van der Waals surface area contributed by atoms with E-state index in [1.807, 2.05) is 0 Å². The smallest absolute Gasteiger partial charge is 0.226 e. The predicted octanol–water partition coefficient (Wildman–Crippen LogP) is 2.01. The minimum atomic E-state index is -0.170. The van der Waals surface area contributed by atoms with E-state index in [1.165, 1.54) is 11.3 Å². The highest BCUT2D eigenvalue weighted by Crippen LogP contribution is 2.17. The Bertz CT molecular complexity index is 418. The zero-order valence-corrected chi connectivity index (χ0v) is 10.6. The van der Waals surface area contributed by atoms with Gasteiger partial charge in [0.2, 0.25) is 5.91 Å². The van der Waals surface area contributed by atoms with Crippen LogP contribution in [0, 0.1) is 11.8 Å². The van der Waals surface area contributed by atoms with Gasteiger partial charge in [-0.15, -0.1) is 0 Å². The first-order chi connectivity index (χ1) is 8.26. The van der Waals surface area contributed by atoms with Crippen LogP contribution < -0.4 is 5.32 Å². The van der Waals surface area contributed by atoms with Crippen LogP contribution in [0.15, 0.2) is 6.20 Å². The fraction of sp³-hybridized carbons (Fsp3) is 0.500. The zero-order valence-electron chi connectivity index (χ0n) is 9.82. The topological polar surface area (TPSA) is 62.2 Å². The third-order valence-corrected chi connectivity index (χ3v) is 2.88. The average molecular weight is 252 g/mol. The molecular formula is C12H16N2O2S. The number of carbonyl (C=O) groups excluding carboxylic acids is 1. The summed E-state index contributed by atoms with van der Waals surface area (Å²) in [5.74, 6) is 5.28. The molecule has 1 aromatic heterocycles. The zero-order chi connectivity index (χ0) is 12.5. The number of hydrogen-bond donors (Lipinski definition) is 2. The quantitative estimate of drug-likeness (QED) is 0.622. The maximum absolute atomic E-state index is 11.5. The van der Waals surface area contributed by atoms with Crippen molar-refractivity contribution in [3.8, 4) is 11.8 Å². The number of nitrogens with one attached hydrogen (secondary N) is 1. The number of rotatable bonds is 5. The molecule has 4 nitrogen and oxygen atoms in total. The van der Waals surface area contributed by atoms with E-state index in [0.717, 1.165) is 24.1 Å². The lowest BCUT2D eigenvalue weighted by atomic mass is 10.2. The van der Waals surface area contributed by atoms with Crippen molar-refractivity contribution in [1.82, 2.24) is 4.98 Å². The number of aliphatic hydroxyl groups excluding tert-OH is 1. The van der Waals surface area contributed by atoms with Crippen LogP contribution in [0.4, 0.5) is 5.13 Å². The van der Waals surface area contributed by atoms with Gasteiger partial charge in [0, 0.05) is 6.42 Å². The van der Waals surface area contributed by atoms with E-state index >= 15 is 0 Å². The van der Waals surface area contributed by atoms with Crippen LogP contribution in [0.5, 0.6) is 0 Å². The number of anilines is 1. The van der Waals surface area contributed by atoms with Crippen molar-refractivity contribution in [2.45, 2.75) is 32.6 Å². The molecule has 92 valence electrons. The Labute approximate surface area is 105 Å². The summed E-state index contributed by atoms with van der Waals surface area (Å²) >= 11 is 1.31. The van der Waals surface area contributed by atoms with Gasteiger partial charge in [0.25, 0.3) is 0 Å². The van der Waals surface area contributed by atoms with Crippen molar-refractivity contribution in [1.29, 1.82) is 0 Å². The molecule has 0 aromatic carbocycles. The Hall–Kier alpha value is -1.38. The maximum Gasteiger partial charge on any atom is 0.226 e. The van der Waals surface area contributed by atoms with Crippen LogP contribution in [0.3, 0.4) is 0 Å². The Kier molecular flexibility index (Phi) is 6.30. The predicted molar refractivity (Wildman–Crippen MR) is 68.8 cm³/mol. The largest absolute Gasteiger partial charge is 0.384 e. The number of amides is 1. The first-order valence-electron chi connectivity index (χ1n) is 5.61. The van der Waals surface area contributed by atoms with Crippen molar-refractivity contribution in [3.63, 3.8) is 0 Å². The fourth-order valence-corrected chi connectivity index (χ4v) is 1.94. The number of aliphatic hydroxyl groups is 1. The number of carbonyl (C=O) groups is 1. The van der Waals surface area contributed by atoms with E-state index in [0.29, 0.717) is 11.6 Å². The van der Waals surface area contributed by atoms with Gasteiger partial charge in [0.15, 0.2) is 5.13 Å². The highest BCUT2D eigenvalue weighted by Gasteiger charge is 2.05. The monoisotopic (exact) mass is 252 g/mol. The van der Waals surface area contributed by atoms with Gasteiger partial charge in [-0.1, -0.05) is 42.9 Å². The van der Waals surface area contributed by atoms with Crippen molar-refractivity contribution < 1.29 is 9.90 Å². The van der Waals surface area contributed by atoms with Crippen LogP contribution >= 0.6 is 11.3 Å². The van der Waals surface area contributed by atoms with Crippen molar-refractivity contribution in [2.24, 2.45) is 0 Å². The van der Waals surface area contributed by atoms with E-state index in [-0.39, 0.29) is 12.5 Å². The number of thiazole rings is 1. The molecule has 0 atom stereocenters. The highest BCUT2D eigenvalue weighted by atomic mass is 32.1. The van der Waals surface area contributed by atoms with Gasteiger partial charge < -0.3 is 10.4 Å². The summed E-state index contributed by atoms with van der Waals surface area (Å²) in [6, 6.07) is 0. The van der Waals surface area contributed by atoms with Crippen LogP contribution in [-0.2, 0) is 4.79 Å². The van der Waals surface area contributed by atoms with Crippen molar-refractivity contribution in [2.75, 3.05) is 11.9 Å². The molecule has 17 heavy (non-hydrogen) atoms. The number of nitrogens with zero attached hydrogens (tertiary/aromatic N) is 1. The summed E-state index contributed by atoms with van der Waals surface area (Å²) in [7, 11) is 0. The molecule has 1 amide bonds. The van der Waals surface area contributed by atoms with Crippen LogP contribution in [0.2, 0.25) is 0 Å². The molecule has 0 unspecified atom stereocenters. The van der Waals surface area contributed by atoms with E-state index in [9.17, 15) is 4.79 Å². The lowest BCUT2D eigenvalue weighted by Crippen LogP contribution is -2.10. The first-order valence-corrected chi connectivity index (χ1v) is 6.43. The molecule has 2 N–H and O–H groups in total. The Balaban J connectivity index is 2.40. The van der Waals surface area contributed by atoms with E-state index in [4.69, 9.17) is 5.11 Å². The second-order valence-corrected chi connectivity index (χ2v) is 4.53. The van der Waals surface area contributed by atoms with Crippen LogP contribution in [-0.4, -0.2) is 22.6 Å². The van der Waals surface area contributed by atoms with Gasteiger partial charge in [-0.25, -0.2) is 4.98 Å². The van der Waals surface area contributed by atoms with E-state index < -0.39 is 0 Å². The molecule has 0 aliphatic rings. The molecule has 0 saturated carbocycles. The molecule has 0 saturated heterocycles. The molecule has 1 heterocycles. The normalized spacial score (nSPS) is 9.53. The second kappa shape index (κ2) is 7.82. The Morgan fingerprint density at radius 2 is 2.41 bits per heavy atom. The van der Waals surface area contributed by atoms with Gasteiger partial charge in [0.1, 0.15) is 6.61 Å². The molecule has 0 fully saturated rings. The Morgan fingerprint density at radius 3 is 3.12 bits per heavy atom. The standard InChI is InChI=1S/C12H16N2O2S/c1-2-3-4-7-11(16)14-12-13-9-10(17-12)6-5-8-15/h9,15H,2-4,7-8H2,1H3,(H,13,14,16). The van der Waals surface area contributed by atoms with E-state index in [1.54, 1.807) is 6.20 Å². The minimum Gasteiger partial charge on any atom is -0.384 e. The summed E-state index contributed by atoms with van der Waals surface area (Å²) in [6.07, 6.45) is 5.20. The summed E-state index contributed by atoms with van der Waals surface area (Å²) in [5.41, 5.74) is 0. The summed E-state index contributed by atoms with van der Waals surface area (Å²) in [5, 5.41) is 11.8. The summed E-state index contributed by atoms with van der Waals surface area (Å²) in [6.45, 7) is 1.93. The molecule has 0 aliphatic carbocycles. The van der Waals surface area contributed by atoms with E-state index in [2.05, 4.69) is 29.1 Å². The SMILES string of the molecule is CCCCCC(=O)Nc1ncc(C#CCO)s1. The van der Waals surface area contributed by atoms with Crippen molar-refractivity contribution in [3.05, 3.63) is 11.1 Å². The number of unbranched alkanes of at least 4 members (excludes halogenated alkanes) is 2. The molecule has 1 aromatic rings. The Morgan fingerprint density at radius 1 is 1.59 bits per heavy atom. The highest BCUT2D eigenvalue weighted by molar-refractivity contribution is 7.16. The maximum atomic E-state index is 11.5. The molecular weight excluding hydrogens is 236 g/mol. The minimum absolute atomic E-state index is 0.00512. The second-order valence-electron chi connectivity index (χ2n) is 3.49. The van der Waals surface area contributed by atoms with Gasteiger partial charge in [-0.2, -0.15) is 0 Å². The van der Waals surface area contributed by atoms with Gasteiger partial charge >= 0.3 is 0 Å². The molecule has 5 heteroatoms. The first kappa shape index (κ1) is 13.7. The van der Waals surface area contributed by atoms with Crippen LogP contribution in [0.1, 0.15) is 37.5 Å². The molecule has 1 rings (SSSR count). The number of aromatic nitrogens is 1. The lowest BCUT2D eigenvalue weighted by Gasteiger charge is -1.99. The third kappa shape index (κ3) is 5.48. The third-order valence-electron chi connectivity index (χ3n) is 2.05. The van der Waals surface area contributed by atoms with Crippen LogP contribution in [0.25, 0.3) is 0 Å². The van der Waals surface area contributed by atoms with Gasteiger partial charge in [-0.05, 0) is 6.42 Å². The average Bonchev–Trinajstić information content (AvgIpc) is 2.74. The van der Waals surface area contributed by atoms with Gasteiger partial charge in [0.05, 0.1) is 11.1 Å². The van der Waals surface area contributed by atoms with Gasteiger partial charge in [-0.3, -0.25) is 4.79 Å². The molecule has 0 bridgehead atoms. The summed E-state index contributed by atoms with van der Waals surface area (Å²) in [4.78, 5) is 16.3. The number of hydrogen-bond acceptors (Lipinski definition) is 4. The fourth-order valence-electron chi connectivity index (χ4n) is 1.23. The summed E-state index contributed by atoms with van der Waals surface area (Å²) < 4.78 is 0. The van der Waals surface area contributed by atoms with Crippen molar-refractivity contribution >= 4 is 22.4 Å². The molecule has 0 spiro atoms. The molecule has 0 radical (unpaired) electrons. The molecule has 0 aliphatic heterocycles. The lowest BCUT2D eigenvalue weighted by molar-refractivity contribution is -0.116.